The summed E-state index contributed by atoms with van der Waals surface area (Å²) in [5, 5.41) is 42.7. The number of aliphatic hydroxyl groups is 1. The third kappa shape index (κ3) is 16.7. The van der Waals surface area contributed by atoms with Crippen molar-refractivity contribution in [2.45, 2.75) is 6.92 Å². The highest BCUT2D eigenvalue weighted by Gasteiger charge is 2.33. The number of carbonyl (C=O) groups is 4. The molecule has 21 nitrogen and oxygen atoms in total. The molecule has 418 valence electrons. The Morgan fingerprint density at radius 2 is 1.39 bits per heavy atom. The van der Waals surface area contributed by atoms with Gasteiger partial charge in [0.1, 0.15) is 34.7 Å². The molecule has 0 radical (unpaired) electrons. The van der Waals surface area contributed by atoms with E-state index in [1.165, 1.54) is 0 Å². The molecule has 0 atom stereocenters. The molecule has 0 unspecified atom stereocenters. The molecule has 5 aromatic carbocycles. The van der Waals surface area contributed by atoms with Gasteiger partial charge in [-0.2, -0.15) is 0 Å². The molecule has 0 aliphatic carbocycles. The van der Waals surface area contributed by atoms with Gasteiger partial charge in [0.25, 0.3) is 5.91 Å². The highest BCUT2D eigenvalue weighted by atomic mass is 32.2. The van der Waals surface area contributed by atoms with E-state index in [-0.39, 0.29) is 29.6 Å². The van der Waals surface area contributed by atoms with Crippen molar-refractivity contribution in [1.29, 1.82) is 0 Å². The van der Waals surface area contributed by atoms with Gasteiger partial charge in [-0.15, -0.1) is 0 Å². The normalized spacial score (nSPS) is 16.1. The summed E-state index contributed by atoms with van der Waals surface area (Å²) in [5.41, 5.74) is 6.21. The number of phenols is 1. The maximum Gasteiger partial charge on any atom is 0.344 e. The summed E-state index contributed by atoms with van der Waals surface area (Å²) in [4.78, 5) is 67.1. The third-order valence-corrected chi connectivity index (χ3v) is 13.8. The number of urea groups is 1. The van der Waals surface area contributed by atoms with Crippen molar-refractivity contribution in [3.05, 3.63) is 154 Å². The minimum atomic E-state index is -0.659. The van der Waals surface area contributed by atoms with Crippen molar-refractivity contribution in [2.75, 3.05) is 127 Å². The predicted octanol–water partition coefficient (Wildman–Crippen LogP) is 6.67. The van der Waals surface area contributed by atoms with E-state index in [4.69, 9.17) is 14.2 Å². The lowest BCUT2D eigenvalue weighted by Gasteiger charge is -2.34. The number of hydrogen-bond donors (Lipinski definition) is 9. The smallest absolute Gasteiger partial charge is 0.344 e. The average Bonchev–Trinajstić information content (AvgIpc) is 4.29. The van der Waals surface area contributed by atoms with E-state index in [2.05, 4.69) is 62.0 Å². The second-order valence-corrected chi connectivity index (χ2v) is 19.3. The number of para-hydroxylation sites is 1. The van der Waals surface area contributed by atoms with Gasteiger partial charge in [-0.1, -0.05) is 36.0 Å². The Kier molecular flexibility index (Phi) is 21.1. The summed E-state index contributed by atoms with van der Waals surface area (Å²) in [7, 11) is 1.75. The van der Waals surface area contributed by atoms with E-state index in [1.54, 1.807) is 68.6 Å². The number of esters is 1. The molecule has 4 heterocycles. The number of benzene rings is 5. The molecule has 0 saturated carbocycles. The number of ether oxygens (including phenoxy) is 3. The molecular weight excluding hydrogens is 1040 g/mol. The summed E-state index contributed by atoms with van der Waals surface area (Å²) < 4.78 is 17.0. The highest BCUT2D eigenvalue weighted by molar-refractivity contribution is 8.18. The van der Waals surface area contributed by atoms with Crippen molar-refractivity contribution in [2.24, 2.45) is 15.0 Å². The molecule has 9 N–H and O–H groups in total. The molecule has 4 amide bonds. The Bertz CT molecular complexity index is 3110. The van der Waals surface area contributed by atoms with Gasteiger partial charge >= 0.3 is 12.0 Å². The number of thioether (sulfide) groups is 1. The second kappa shape index (κ2) is 29.3. The Morgan fingerprint density at radius 1 is 0.750 bits per heavy atom. The summed E-state index contributed by atoms with van der Waals surface area (Å²) in [6.07, 6.45) is 2.34. The van der Waals surface area contributed by atoms with Crippen molar-refractivity contribution in [3.63, 3.8) is 0 Å². The van der Waals surface area contributed by atoms with Crippen LogP contribution in [0.3, 0.4) is 0 Å². The number of piperazine rings is 1. The number of aromatic hydroxyl groups is 1. The van der Waals surface area contributed by atoms with Crippen LogP contribution in [-0.4, -0.2) is 167 Å². The van der Waals surface area contributed by atoms with Crippen LogP contribution < -0.4 is 42.0 Å². The lowest BCUT2D eigenvalue weighted by molar-refractivity contribution is -0.138. The summed E-state index contributed by atoms with van der Waals surface area (Å²) >= 11 is 1.15. The topological polar surface area (TPSA) is 264 Å². The van der Waals surface area contributed by atoms with E-state index in [0.717, 1.165) is 99.2 Å². The quantitative estimate of drug-likeness (QED) is 0.0199. The van der Waals surface area contributed by atoms with Gasteiger partial charge < -0.3 is 61.6 Å². The monoisotopic (exact) mass is 1110 g/mol. The van der Waals surface area contributed by atoms with Gasteiger partial charge in [-0.3, -0.25) is 29.4 Å². The van der Waals surface area contributed by atoms with Crippen molar-refractivity contribution in [3.8, 4) is 11.5 Å². The Hall–Kier alpha value is -8.70. The number of anilines is 4. The number of amides is 4. The first-order valence-electron chi connectivity index (χ1n) is 26.3. The molecule has 22 heteroatoms. The Morgan fingerprint density at radius 3 is 2.00 bits per heavy atom. The molecular formula is C58H66N12O9S. The van der Waals surface area contributed by atoms with Crippen LogP contribution in [0.25, 0.3) is 6.08 Å². The number of carbonyl (C=O) groups excluding carboxylic acids is 4. The molecule has 0 aromatic heterocycles. The molecule has 80 heavy (non-hydrogen) atoms. The first-order chi connectivity index (χ1) is 39.0. The third-order valence-electron chi connectivity index (χ3n) is 12.7. The van der Waals surface area contributed by atoms with Gasteiger partial charge in [0.05, 0.1) is 43.5 Å². The number of hydrogen-bond acceptors (Lipinski definition) is 18. The Labute approximate surface area is 468 Å². The molecule has 4 aliphatic heterocycles. The zero-order valence-electron chi connectivity index (χ0n) is 44.6. The van der Waals surface area contributed by atoms with E-state index in [9.17, 15) is 29.4 Å². The number of amidine groups is 2. The molecule has 9 rings (SSSR count). The van der Waals surface area contributed by atoms with Crippen LogP contribution in [0.1, 0.15) is 34.0 Å². The molecule has 0 spiro atoms. The van der Waals surface area contributed by atoms with Gasteiger partial charge in [-0.25, -0.2) is 14.6 Å². The highest BCUT2D eigenvalue weighted by Crippen LogP contribution is 2.41. The lowest BCUT2D eigenvalue weighted by atomic mass is 10.1. The standard InChI is InChI=1S/C48H55N9O8S.C10H11N3O/c1-3-64-47(61)42-43(59)41(66-46(42)53-35-7-5-4-6-8-35)28-32-9-14-40(39(58)27-32)65-26-23-57-20-18-56(19-21-57)22-25-63-24-17-52-45(60)34-29-37(49-2)31-38(30-34)55-48(62)54-36-12-10-33(11-13-36)44-50-15-16-51-44;14-7-13-9-3-1-8(2-4-9)10-11-5-6-12-10/h4-14,27-31,49,58-59H,3,15-26H2,1-2H3,(H,50,51)(H,52,60)(H2,54,55,62);1-4,7H,5-6H2,(H,11,12)(H,13,14)/b41-28-,53-46?;. The largest absolute Gasteiger partial charge is 0.506 e. The van der Waals surface area contributed by atoms with Crippen molar-refractivity contribution >= 4 is 87.3 Å². The van der Waals surface area contributed by atoms with Crippen molar-refractivity contribution in [1.82, 2.24) is 25.8 Å². The number of nitrogens with zero attached hydrogens (tertiary/aromatic N) is 5. The van der Waals surface area contributed by atoms with E-state index >= 15 is 0 Å². The zero-order chi connectivity index (χ0) is 56.1. The van der Waals surface area contributed by atoms with Crippen molar-refractivity contribution < 1.29 is 43.6 Å². The van der Waals surface area contributed by atoms with Gasteiger partial charge in [0, 0.05) is 105 Å². The van der Waals surface area contributed by atoms with Crippen LogP contribution in [0.5, 0.6) is 11.5 Å². The number of rotatable bonds is 22. The first-order valence-corrected chi connectivity index (χ1v) is 27.2. The van der Waals surface area contributed by atoms with E-state index in [1.807, 2.05) is 66.7 Å². The molecule has 5 aromatic rings. The van der Waals surface area contributed by atoms with E-state index < -0.39 is 12.0 Å². The molecule has 4 aliphatic rings. The van der Waals surface area contributed by atoms with Crippen LogP contribution in [0.15, 0.2) is 146 Å². The average molecular weight is 1110 g/mol. The maximum absolute atomic E-state index is 13.0. The van der Waals surface area contributed by atoms with Crippen LogP contribution in [0, 0.1) is 0 Å². The minimum Gasteiger partial charge on any atom is -0.506 e. The molecule has 0 bridgehead atoms. The van der Waals surface area contributed by atoms with E-state index in [0.29, 0.717) is 88.9 Å². The van der Waals surface area contributed by atoms with Crippen LogP contribution >= 0.6 is 11.8 Å². The number of aliphatic hydroxyl groups excluding tert-OH is 1. The second-order valence-electron chi connectivity index (χ2n) is 18.3. The minimum absolute atomic E-state index is 0.00274. The fourth-order valence-electron chi connectivity index (χ4n) is 8.62. The van der Waals surface area contributed by atoms with Gasteiger partial charge in [0.15, 0.2) is 11.5 Å². The van der Waals surface area contributed by atoms with Crippen LogP contribution in [0.2, 0.25) is 0 Å². The first kappa shape index (κ1) is 57.5. The predicted molar refractivity (Wildman–Crippen MR) is 315 cm³/mol. The zero-order valence-corrected chi connectivity index (χ0v) is 45.4. The number of phenolic OH excluding ortho intramolecular Hbond substituents is 1. The molecule has 1 saturated heterocycles. The summed E-state index contributed by atoms with van der Waals surface area (Å²) in [6, 6.07) is 33.8. The Balaban J connectivity index is 0.000000519. The number of nitrogens with one attached hydrogen (secondary N) is 7. The van der Waals surface area contributed by atoms with Crippen LogP contribution in [-0.2, 0) is 19.1 Å². The van der Waals surface area contributed by atoms with Gasteiger partial charge in [-0.05, 0) is 110 Å². The summed E-state index contributed by atoms with van der Waals surface area (Å²) in [6.45, 7) is 11.7. The number of aliphatic imine (C=N–C) groups is 3. The SMILES string of the molecule is CCOC(=O)C1=C(O)/C(=C/c2ccc(OCCN3CCN(CCOCCNC(=O)c4cc(NC)cc(NC(=O)Nc5ccc(C6=NCCN6)cc5)c4)CC3)c(O)c2)SC1=Nc1ccccc1.O=CNc1ccc(C2=NCCN2)cc1. The molecule has 1 fully saturated rings. The lowest BCUT2D eigenvalue weighted by Crippen LogP contribution is -2.48. The fourth-order valence-corrected chi connectivity index (χ4v) is 9.66. The van der Waals surface area contributed by atoms with Crippen LogP contribution in [0.4, 0.5) is 33.2 Å². The van der Waals surface area contributed by atoms with Gasteiger partial charge in [0.2, 0.25) is 6.41 Å². The maximum atomic E-state index is 13.0. The summed E-state index contributed by atoms with van der Waals surface area (Å²) in [5.74, 6) is 0.922. The fraction of sp³-hybridized carbons (Fsp3) is 0.293.